The Hall–Kier alpha value is -0.820. The van der Waals surface area contributed by atoms with Crippen LogP contribution in [0.5, 0.6) is 0 Å². The van der Waals surface area contributed by atoms with E-state index in [1.165, 1.54) is 14.2 Å². The zero-order valence-electron chi connectivity index (χ0n) is 16.3. The fraction of sp³-hybridized carbons (Fsp3) is 0.882. The molecule has 1 saturated heterocycles. The van der Waals surface area contributed by atoms with Gasteiger partial charge in [0.05, 0.1) is 20.3 Å². The van der Waals surface area contributed by atoms with Crippen LogP contribution < -0.4 is 0 Å². The van der Waals surface area contributed by atoms with Crippen molar-refractivity contribution in [1.29, 1.82) is 0 Å². The summed E-state index contributed by atoms with van der Waals surface area (Å²) in [5.41, 5.74) is 0. The molecule has 2 heterocycles. The predicted molar refractivity (Wildman–Crippen MR) is 90.9 cm³/mol. The van der Waals surface area contributed by atoms with Crippen molar-refractivity contribution in [2.75, 3.05) is 48.8 Å². The van der Waals surface area contributed by atoms with Crippen LogP contribution in [0.25, 0.3) is 0 Å². The summed E-state index contributed by atoms with van der Waals surface area (Å²) >= 11 is 0. The van der Waals surface area contributed by atoms with Crippen LogP contribution in [0, 0.1) is 0 Å². The monoisotopic (exact) mass is 394 g/mol. The number of hydrogen-bond donors (Lipinski definition) is 2. The third-order valence-electron chi connectivity index (χ3n) is 4.69. The van der Waals surface area contributed by atoms with Crippen molar-refractivity contribution in [1.82, 2.24) is 0 Å². The molecule has 1 fully saturated rings. The summed E-state index contributed by atoms with van der Waals surface area (Å²) in [4.78, 5) is 0. The number of methoxy groups -OCH3 is 5. The summed E-state index contributed by atoms with van der Waals surface area (Å²) in [5.74, 6) is 0.181. The minimum atomic E-state index is -1.27. The van der Waals surface area contributed by atoms with Crippen LogP contribution in [-0.4, -0.2) is 108 Å². The smallest absolute Gasteiger partial charge is 0.214 e. The lowest BCUT2D eigenvalue weighted by Gasteiger charge is -2.45. The summed E-state index contributed by atoms with van der Waals surface area (Å²) in [6.07, 6.45) is -4.12. The van der Waals surface area contributed by atoms with Gasteiger partial charge in [0.15, 0.2) is 12.0 Å². The van der Waals surface area contributed by atoms with Crippen molar-refractivity contribution >= 4 is 0 Å². The standard InChI is InChI=1S/C17H30O10/c1-20-8-12-13(22-3)14(23-4)15(24-5)17(27-12)26-9-6-10(21-2)16(19)25-11(9)7-18/h6,9,11-19H,7-8H2,1-5H3/t9-,11+,12+,13+,14-,15+,16-,17+/m0/s1. The second-order valence-corrected chi connectivity index (χ2v) is 6.18. The maximum atomic E-state index is 9.86. The molecule has 0 aromatic rings. The summed E-state index contributed by atoms with van der Waals surface area (Å²) in [7, 11) is 7.59. The first-order chi connectivity index (χ1) is 13.0. The minimum absolute atomic E-state index is 0.181. The van der Waals surface area contributed by atoms with E-state index >= 15 is 0 Å². The van der Waals surface area contributed by atoms with Gasteiger partial charge in [0.25, 0.3) is 0 Å². The Morgan fingerprint density at radius 1 is 0.926 bits per heavy atom. The van der Waals surface area contributed by atoms with Gasteiger partial charge in [0.2, 0.25) is 6.29 Å². The van der Waals surface area contributed by atoms with E-state index in [1.807, 2.05) is 0 Å². The molecule has 0 aromatic heterocycles. The average molecular weight is 394 g/mol. The van der Waals surface area contributed by atoms with Gasteiger partial charge in [-0.05, 0) is 6.08 Å². The van der Waals surface area contributed by atoms with Gasteiger partial charge in [-0.2, -0.15) is 0 Å². The van der Waals surface area contributed by atoms with Gasteiger partial charge in [0.1, 0.15) is 36.6 Å². The summed E-state index contributed by atoms with van der Waals surface area (Å²) in [6.45, 7) is -0.105. The lowest BCUT2D eigenvalue weighted by molar-refractivity contribution is -0.329. The van der Waals surface area contributed by atoms with Gasteiger partial charge >= 0.3 is 0 Å². The third-order valence-corrected chi connectivity index (χ3v) is 4.69. The van der Waals surface area contributed by atoms with E-state index in [4.69, 9.17) is 37.9 Å². The zero-order valence-corrected chi connectivity index (χ0v) is 16.3. The molecule has 8 atom stereocenters. The normalized spacial score (nSPS) is 39.9. The van der Waals surface area contributed by atoms with Crippen LogP contribution in [0.1, 0.15) is 0 Å². The number of aliphatic hydroxyl groups excluding tert-OH is 2. The SMILES string of the molecule is COC[C@H]1O[C@@H](O[C@H]2C=C(OC)[C@@H](O)O[C@@H]2CO)[C@H](OC)[C@@H](OC)[C@@H]1OC. The van der Waals surface area contributed by atoms with Crippen molar-refractivity contribution in [3.8, 4) is 0 Å². The molecular formula is C17H30O10. The molecule has 2 N–H and O–H groups in total. The van der Waals surface area contributed by atoms with Crippen LogP contribution in [0.4, 0.5) is 0 Å². The first-order valence-electron chi connectivity index (χ1n) is 8.62. The molecular weight excluding hydrogens is 364 g/mol. The fourth-order valence-electron chi connectivity index (χ4n) is 3.35. The Kier molecular flexibility index (Phi) is 8.86. The lowest BCUT2D eigenvalue weighted by Crippen LogP contribution is -2.62. The van der Waals surface area contributed by atoms with Crippen molar-refractivity contribution in [2.45, 2.75) is 49.2 Å². The van der Waals surface area contributed by atoms with E-state index in [-0.39, 0.29) is 19.0 Å². The Bertz CT molecular complexity index is 473. The fourth-order valence-corrected chi connectivity index (χ4v) is 3.35. The number of hydrogen-bond acceptors (Lipinski definition) is 10. The highest BCUT2D eigenvalue weighted by molar-refractivity contribution is 5.08. The van der Waals surface area contributed by atoms with Crippen molar-refractivity contribution in [2.24, 2.45) is 0 Å². The second kappa shape index (κ2) is 10.6. The molecule has 0 aliphatic carbocycles. The highest BCUT2D eigenvalue weighted by Gasteiger charge is 2.49. The lowest BCUT2D eigenvalue weighted by atomic mass is 9.98. The van der Waals surface area contributed by atoms with Gasteiger partial charge in [0, 0.05) is 28.4 Å². The molecule has 0 amide bonds. The summed E-state index contributed by atoms with van der Waals surface area (Å²) in [6, 6.07) is 0. The minimum Gasteiger partial charge on any atom is -0.496 e. The molecule has 0 saturated carbocycles. The van der Waals surface area contributed by atoms with E-state index in [2.05, 4.69) is 0 Å². The van der Waals surface area contributed by atoms with Crippen LogP contribution >= 0.6 is 0 Å². The maximum absolute atomic E-state index is 9.86. The number of aliphatic hydroxyl groups is 2. The zero-order chi connectivity index (χ0) is 20.0. The molecule has 158 valence electrons. The van der Waals surface area contributed by atoms with Crippen molar-refractivity contribution in [3.05, 3.63) is 11.8 Å². The quantitative estimate of drug-likeness (QED) is 0.506. The van der Waals surface area contributed by atoms with Gasteiger partial charge in [-0.1, -0.05) is 0 Å². The van der Waals surface area contributed by atoms with E-state index in [0.717, 1.165) is 0 Å². The van der Waals surface area contributed by atoms with E-state index < -0.39 is 49.2 Å². The van der Waals surface area contributed by atoms with Crippen LogP contribution in [0.15, 0.2) is 11.8 Å². The third kappa shape index (κ3) is 4.97. The largest absolute Gasteiger partial charge is 0.496 e. The van der Waals surface area contributed by atoms with Crippen LogP contribution in [0.3, 0.4) is 0 Å². The number of ether oxygens (including phenoxy) is 8. The average Bonchev–Trinajstić information content (AvgIpc) is 2.68. The molecule has 10 heteroatoms. The second-order valence-electron chi connectivity index (χ2n) is 6.18. The molecule has 10 nitrogen and oxygen atoms in total. The molecule has 27 heavy (non-hydrogen) atoms. The maximum Gasteiger partial charge on any atom is 0.214 e. The van der Waals surface area contributed by atoms with Crippen LogP contribution in [-0.2, 0) is 37.9 Å². The summed E-state index contributed by atoms with van der Waals surface area (Å²) in [5, 5.41) is 19.4. The highest BCUT2D eigenvalue weighted by atomic mass is 16.7. The molecule has 0 spiro atoms. The Balaban J connectivity index is 2.24. The van der Waals surface area contributed by atoms with Gasteiger partial charge < -0.3 is 48.1 Å². The molecule has 0 unspecified atom stereocenters. The molecule has 2 aliphatic rings. The van der Waals surface area contributed by atoms with E-state index in [1.54, 1.807) is 27.4 Å². The Morgan fingerprint density at radius 3 is 2.11 bits per heavy atom. The van der Waals surface area contributed by atoms with Crippen LogP contribution in [0.2, 0.25) is 0 Å². The first-order valence-corrected chi connectivity index (χ1v) is 8.62. The van der Waals surface area contributed by atoms with Gasteiger partial charge in [-0.3, -0.25) is 0 Å². The molecule has 2 rings (SSSR count). The first kappa shape index (κ1) is 22.5. The van der Waals surface area contributed by atoms with E-state index in [9.17, 15) is 10.2 Å². The summed E-state index contributed by atoms with van der Waals surface area (Å²) < 4.78 is 44.3. The van der Waals surface area contributed by atoms with Crippen molar-refractivity contribution in [3.63, 3.8) is 0 Å². The highest BCUT2D eigenvalue weighted by Crippen LogP contribution is 2.31. The number of rotatable bonds is 9. The van der Waals surface area contributed by atoms with Gasteiger partial charge in [-0.15, -0.1) is 0 Å². The van der Waals surface area contributed by atoms with Gasteiger partial charge in [-0.25, -0.2) is 0 Å². The predicted octanol–water partition coefficient (Wildman–Crippen LogP) is -0.972. The van der Waals surface area contributed by atoms with Crippen molar-refractivity contribution < 1.29 is 48.1 Å². The molecule has 0 aromatic carbocycles. The van der Waals surface area contributed by atoms with E-state index in [0.29, 0.717) is 0 Å². The Labute approximate surface area is 158 Å². The molecule has 2 aliphatic heterocycles. The molecule has 0 radical (unpaired) electrons. The Morgan fingerprint density at radius 2 is 1.59 bits per heavy atom. The topological polar surface area (TPSA) is 114 Å². The molecule has 0 bridgehead atoms.